The Morgan fingerprint density at radius 1 is 1.09 bits per heavy atom. The summed E-state index contributed by atoms with van der Waals surface area (Å²) in [7, 11) is -5.64. The zero-order valence-electron chi connectivity index (χ0n) is 4.77. The minimum atomic E-state index is -5.64. The predicted molar refractivity (Wildman–Crippen MR) is 27.3 cm³/mol. The van der Waals surface area contributed by atoms with Gasteiger partial charge in [0.05, 0.1) is 0 Å². The summed E-state index contributed by atoms with van der Waals surface area (Å²) in [5, 5.41) is 14.8. The lowest BCUT2D eigenvalue weighted by molar-refractivity contribution is -0.159. The average molecular weight is 192 g/mol. The zero-order chi connectivity index (χ0) is 9.65. The van der Waals surface area contributed by atoms with Crippen molar-refractivity contribution in [3.05, 3.63) is 0 Å². The van der Waals surface area contributed by atoms with E-state index < -0.39 is 19.9 Å². The minimum absolute atomic E-state index is 1.82. The molecule has 0 unspecified atom stereocenters. The van der Waals surface area contributed by atoms with E-state index in [1.807, 2.05) is 0 Å². The summed E-state index contributed by atoms with van der Waals surface area (Å²) in [4.78, 5) is 24.9. The van der Waals surface area contributed by atoms with Gasteiger partial charge in [0.2, 0.25) is 0 Å². The number of carbonyl (C=O) groups is 2. The van der Waals surface area contributed by atoms with E-state index in [1.165, 1.54) is 0 Å². The second-order valence-electron chi connectivity index (χ2n) is 1.05. The molecule has 0 aromatic rings. The van der Waals surface area contributed by atoms with Crippen molar-refractivity contribution in [3.8, 4) is 0 Å². The van der Waals surface area contributed by atoms with Gasteiger partial charge >= 0.3 is 19.9 Å². The van der Waals surface area contributed by atoms with E-state index in [9.17, 15) is 8.39 Å². The molecule has 0 rings (SSSR count). The monoisotopic (exact) mass is 192 g/mol. The molecule has 11 heavy (non-hydrogen) atoms. The molecule has 0 aromatic heterocycles. The highest BCUT2D eigenvalue weighted by Gasteiger charge is 2.09. The standard InChI is InChI=1S/C2H2O4.F2HO2P/c3-1(4)2(5)6;1-5(2,3)4/h(H,3,4)(H,5,6);(H,3,4). The lowest BCUT2D eigenvalue weighted by Crippen LogP contribution is -2.09. The fraction of sp³-hybridized carbons (Fsp3) is 0. The van der Waals surface area contributed by atoms with Crippen LogP contribution in [0, 0.1) is 0 Å². The molecule has 0 bridgehead atoms. The summed E-state index contributed by atoms with van der Waals surface area (Å²) in [6.45, 7) is 0. The largest absolute Gasteiger partial charge is 0.549 e. The van der Waals surface area contributed by atoms with E-state index in [4.69, 9.17) is 29.3 Å². The Morgan fingerprint density at radius 3 is 1.18 bits per heavy atom. The van der Waals surface area contributed by atoms with Gasteiger partial charge < -0.3 is 10.2 Å². The number of aliphatic carboxylic acids is 2. The first-order valence-electron chi connectivity index (χ1n) is 1.83. The van der Waals surface area contributed by atoms with E-state index in [2.05, 4.69) is 0 Å². The molecule has 0 aliphatic heterocycles. The second kappa shape index (κ2) is 4.75. The average Bonchev–Trinajstić information content (AvgIpc) is 1.59. The maximum atomic E-state index is 10.1. The Labute approximate surface area is 58.8 Å². The van der Waals surface area contributed by atoms with E-state index in [0.717, 1.165) is 0 Å². The first-order chi connectivity index (χ1) is 4.64. The van der Waals surface area contributed by atoms with Gasteiger partial charge in [-0.2, -0.15) is 0 Å². The molecule has 0 heterocycles. The van der Waals surface area contributed by atoms with Gasteiger partial charge in [-0.25, -0.2) is 14.2 Å². The number of hydrogen-bond acceptors (Lipinski definition) is 3. The molecule has 3 N–H and O–H groups in total. The number of carboxylic acid groups (broad SMARTS) is 2. The van der Waals surface area contributed by atoms with Crippen LogP contribution in [0.1, 0.15) is 0 Å². The Balaban J connectivity index is 0. The van der Waals surface area contributed by atoms with Crippen molar-refractivity contribution in [2.45, 2.75) is 0 Å². The lowest BCUT2D eigenvalue weighted by Gasteiger charge is -1.73. The quantitative estimate of drug-likeness (QED) is 0.372. The van der Waals surface area contributed by atoms with Crippen molar-refractivity contribution in [2.75, 3.05) is 0 Å². The van der Waals surface area contributed by atoms with Crippen LogP contribution in [0.25, 0.3) is 0 Å². The van der Waals surface area contributed by atoms with E-state index >= 15 is 0 Å². The highest BCUT2D eigenvalue weighted by molar-refractivity contribution is 7.46. The Hall–Kier alpha value is -1.01. The molecule has 0 fully saturated rings. The van der Waals surface area contributed by atoms with Crippen molar-refractivity contribution < 1.29 is 37.7 Å². The van der Waals surface area contributed by atoms with Crippen LogP contribution in [-0.2, 0) is 14.2 Å². The summed E-state index contributed by atoms with van der Waals surface area (Å²) in [6, 6.07) is 0. The van der Waals surface area contributed by atoms with E-state index in [1.54, 1.807) is 0 Å². The smallest absolute Gasteiger partial charge is 0.473 e. The van der Waals surface area contributed by atoms with E-state index in [-0.39, 0.29) is 0 Å². The molecular weight excluding hydrogens is 189 g/mol. The predicted octanol–water partition coefficient (Wildman–Crippen LogP) is 0.181. The van der Waals surface area contributed by atoms with Crippen LogP contribution in [-0.4, -0.2) is 27.0 Å². The van der Waals surface area contributed by atoms with Gasteiger partial charge in [0, 0.05) is 0 Å². The van der Waals surface area contributed by atoms with E-state index in [0.29, 0.717) is 0 Å². The lowest BCUT2D eigenvalue weighted by atomic mass is 10.7. The van der Waals surface area contributed by atoms with Gasteiger partial charge in [-0.1, -0.05) is 0 Å². The molecule has 0 spiro atoms. The summed E-state index contributed by atoms with van der Waals surface area (Å²) < 4.78 is 28.7. The highest BCUT2D eigenvalue weighted by atomic mass is 31.2. The molecule has 0 radical (unpaired) electrons. The molecule has 0 saturated carbocycles. The molecule has 9 heteroatoms. The number of rotatable bonds is 0. The van der Waals surface area contributed by atoms with Gasteiger partial charge in [0.15, 0.2) is 0 Å². The first-order valence-corrected chi connectivity index (χ1v) is 3.27. The molecular formula is C2H3F2O6P. The van der Waals surface area contributed by atoms with Crippen LogP contribution in [0.15, 0.2) is 0 Å². The maximum absolute atomic E-state index is 10.1. The zero-order valence-corrected chi connectivity index (χ0v) is 5.66. The summed E-state index contributed by atoms with van der Waals surface area (Å²) >= 11 is 0. The third kappa shape index (κ3) is 49.1. The van der Waals surface area contributed by atoms with Crippen molar-refractivity contribution in [3.63, 3.8) is 0 Å². The Kier molecular flexibility index (Phi) is 5.46. The molecule has 66 valence electrons. The number of carboxylic acids is 2. The fourth-order valence-corrected chi connectivity index (χ4v) is 0. The number of halogens is 2. The molecule has 0 aliphatic carbocycles. The third-order valence-corrected chi connectivity index (χ3v) is 0.183. The van der Waals surface area contributed by atoms with Crippen LogP contribution >= 0.6 is 7.99 Å². The summed E-state index contributed by atoms with van der Waals surface area (Å²) in [6.07, 6.45) is 0. The van der Waals surface area contributed by atoms with Crippen molar-refractivity contribution in [1.82, 2.24) is 0 Å². The Morgan fingerprint density at radius 2 is 1.18 bits per heavy atom. The molecule has 0 atom stereocenters. The van der Waals surface area contributed by atoms with Gasteiger partial charge in [-0.15, -0.1) is 8.39 Å². The van der Waals surface area contributed by atoms with Gasteiger partial charge in [-0.3, -0.25) is 4.89 Å². The summed E-state index contributed by atoms with van der Waals surface area (Å²) in [5.74, 6) is -3.65. The molecule has 0 saturated heterocycles. The first kappa shape index (κ1) is 12.6. The maximum Gasteiger partial charge on any atom is 0.549 e. The molecule has 0 aliphatic rings. The SMILES string of the molecule is O=C(O)C(=O)O.O=P(O)(F)F. The molecule has 0 amide bonds. The van der Waals surface area contributed by atoms with Crippen LogP contribution in [0.3, 0.4) is 0 Å². The van der Waals surface area contributed by atoms with Gasteiger partial charge in [0.25, 0.3) is 0 Å². The van der Waals surface area contributed by atoms with Crippen molar-refractivity contribution in [1.29, 1.82) is 0 Å². The second-order valence-corrected chi connectivity index (χ2v) is 1.91. The van der Waals surface area contributed by atoms with Crippen LogP contribution in [0.2, 0.25) is 0 Å². The van der Waals surface area contributed by atoms with Crippen molar-refractivity contribution >= 4 is 19.9 Å². The van der Waals surface area contributed by atoms with Gasteiger partial charge in [-0.05, 0) is 0 Å². The van der Waals surface area contributed by atoms with Gasteiger partial charge in [0.1, 0.15) is 0 Å². The summed E-state index contributed by atoms with van der Waals surface area (Å²) in [5.41, 5.74) is 0. The van der Waals surface area contributed by atoms with Crippen LogP contribution in [0.5, 0.6) is 0 Å². The normalized spacial score (nSPS) is 9.36. The third-order valence-electron chi connectivity index (χ3n) is 0.183. The fourth-order valence-electron chi connectivity index (χ4n) is 0. The molecule has 0 aromatic carbocycles. The molecule has 6 nitrogen and oxygen atoms in total. The van der Waals surface area contributed by atoms with Crippen LogP contribution < -0.4 is 0 Å². The van der Waals surface area contributed by atoms with Crippen LogP contribution in [0.4, 0.5) is 8.39 Å². The number of hydrogen-bond donors (Lipinski definition) is 3. The Bertz CT molecular complexity index is 174. The minimum Gasteiger partial charge on any atom is -0.473 e. The topological polar surface area (TPSA) is 112 Å². The van der Waals surface area contributed by atoms with Crippen molar-refractivity contribution in [2.24, 2.45) is 0 Å². The highest BCUT2D eigenvalue weighted by Crippen LogP contribution is 2.43.